The third kappa shape index (κ3) is 2.87. The second-order valence-electron chi connectivity index (χ2n) is 2.96. The molecule has 2 N–H and O–H groups in total. The molecule has 1 amide bonds. The van der Waals surface area contributed by atoms with E-state index in [2.05, 4.69) is 33.2 Å². The van der Waals surface area contributed by atoms with Crippen molar-refractivity contribution in [3.63, 3.8) is 0 Å². The standard InChI is InChI=1S/C10H13IN2O/c1-7(10(14)12-2)13-9-6-4-3-5-8(9)11/h3-7,13H,1-2H3,(H,12,14). The van der Waals surface area contributed by atoms with Gasteiger partial charge in [0.05, 0.1) is 0 Å². The van der Waals surface area contributed by atoms with Crippen molar-refractivity contribution in [2.75, 3.05) is 12.4 Å². The predicted molar refractivity (Wildman–Crippen MR) is 66.3 cm³/mol. The number of hydrogen-bond acceptors (Lipinski definition) is 2. The number of likely N-dealkylation sites (N-methyl/N-ethyl adjacent to an activating group) is 1. The second kappa shape index (κ2) is 5.19. The van der Waals surface area contributed by atoms with Crippen LogP contribution in [0.15, 0.2) is 24.3 Å². The summed E-state index contributed by atoms with van der Waals surface area (Å²) in [6, 6.07) is 7.66. The number of para-hydroxylation sites is 1. The first-order valence-electron chi connectivity index (χ1n) is 4.38. The number of nitrogens with one attached hydrogen (secondary N) is 2. The predicted octanol–water partition coefficient (Wildman–Crippen LogP) is 1.84. The van der Waals surface area contributed by atoms with Crippen molar-refractivity contribution >= 4 is 34.2 Å². The average molecular weight is 304 g/mol. The Morgan fingerprint density at radius 1 is 1.43 bits per heavy atom. The van der Waals surface area contributed by atoms with Gasteiger partial charge in [-0.3, -0.25) is 4.79 Å². The van der Waals surface area contributed by atoms with Crippen molar-refractivity contribution in [1.29, 1.82) is 0 Å². The van der Waals surface area contributed by atoms with Crippen LogP contribution in [0.3, 0.4) is 0 Å². The largest absolute Gasteiger partial charge is 0.373 e. The van der Waals surface area contributed by atoms with Gasteiger partial charge in [-0.2, -0.15) is 0 Å². The van der Waals surface area contributed by atoms with Crippen molar-refractivity contribution in [1.82, 2.24) is 5.32 Å². The average Bonchev–Trinajstić information content (AvgIpc) is 2.20. The van der Waals surface area contributed by atoms with Crippen LogP contribution in [0.25, 0.3) is 0 Å². The highest BCUT2D eigenvalue weighted by molar-refractivity contribution is 14.1. The molecule has 0 aliphatic carbocycles. The summed E-state index contributed by atoms with van der Waals surface area (Å²) in [6.45, 7) is 1.84. The summed E-state index contributed by atoms with van der Waals surface area (Å²) in [5.41, 5.74) is 0.990. The van der Waals surface area contributed by atoms with Gasteiger partial charge in [0.25, 0.3) is 0 Å². The molecule has 0 bridgehead atoms. The Labute approximate surface area is 97.4 Å². The number of hydrogen-bond donors (Lipinski definition) is 2. The fourth-order valence-electron chi connectivity index (χ4n) is 1.09. The van der Waals surface area contributed by atoms with Crippen molar-refractivity contribution in [3.8, 4) is 0 Å². The van der Waals surface area contributed by atoms with Gasteiger partial charge in [-0.25, -0.2) is 0 Å². The first kappa shape index (κ1) is 11.3. The minimum Gasteiger partial charge on any atom is -0.373 e. The lowest BCUT2D eigenvalue weighted by Gasteiger charge is -2.14. The summed E-state index contributed by atoms with van der Waals surface area (Å²) in [6.07, 6.45) is 0. The minimum atomic E-state index is -0.212. The van der Waals surface area contributed by atoms with Crippen LogP contribution in [0.5, 0.6) is 0 Å². The number of benzene rings is 1. The molecule has 0 aliphatic heterocycles. The maximum absolute atomic E-state index is 11.3. The van der Waals surface area contributed by atoms with Crippen LogP contribution in [0.1, 0.15) is 6.92 Å². The zero-order valence-electron chi connectivity index (χ0n) is 8.17. The first-order valence-corrected chi connectivity index (χ1v) is 5.45. The first-order chi connectivity index (χ1) is 6.65. The molecule has 1 unspecified atom stereocenters. The Hall–Kier alpha value is -0.780. The minimum absolute atomic E-state index is 0.00958. The van der Waals surface area contributed by atoms with E-state index in [0.717, 1.165) is 9.26 Å². The molecule has 1 atom stereocenters. The Bertz CT molecular complexity index is 328. The Kier molecular flexibility index (Phi) is 4.19. The Morgan fingerprint density at radius 3 is 2.64 bits per heavy atom. The normalized spacial score (nSPS) is 11.9. The van der Waals surface area contributed by atoms with Gasteiger partial charge in [0.2, 0.25) is 5.91 Å². The molecule has 3 nitrogen and oxygen atoms in total. The Balaban J connectivity index is 2.69. The zero-order valence-corrected chi connectivity index (χ0v) is 10.3. The second-order valence-corrected chi connectivity index (χ2v) is 4.12. The van der Waals surface area contributed by atoms with Gasteiger partial charge in [-0.1, -0.05) is 12.1 Å². The van der Waals surface area contributed by atoms with Crippen LogP contribution in [0, 0.1) is 3.57 Å². The number of anilines is 1. The quantitative estimate of drug-likeness (QED) is 0.837. The third-order valence-electron chi connectivity index (χ3n) is 1.89. The van der Waals surface area contributed by atoms with Crippen molar-refractivity contribution in [2.24, 2.45) is 0 Å². The molecule has 1 aromatic carbocycles. The van der Waals surface area contributed by atoms with Crippen LogP contribution in [-0.4, -0.2) is 19.0 Å². The molecule has 0 saturated carbocycles. The fourth-order valence-corrected chi connectivity index (χ4v) is 1.64. The smallest absolute Gasteiger partial charge is 0.241 e. The van der Waals surface area contributed by atoms with Gasteiger partial charge in [0, 0.05) is 16.3 Å². The topological polar surface area (TPSA) is 41.1 Å². The monoisotopic (exact) mass is 304 g/mol. The van der Waals surface area contributed by atoms with Crippen LogP contribution in [-0.2, 0) is 4.79 Å². The lowest BCUT2D eigenvalue weighted by Crippen LogP contribution is -2.35. The molecule has 1 aromatic rings. The van der Waals surface area contributed by atoms with E-state index in [9.17, 15) is 4.79 Å². The van der Waals surface area contributed by atoms with Gasteiger partial charge < -0.3 is 10.6 Å². The van der Waals surface area contributed by atoms with E-state index in [1.54, 1.807) is 7.05 Å². The van der Waals surface area contributed by atoms with Gasteiger partial charge in [-0.05, 0) is 41.6 Å². The van der Waals surface area contributed by atoms with Crippen LogP contribution >= 0.6 is 22.6 Å². The van der Waals surface area contributed by atoms with Crippen molar-refractivity contribution in [3.05, 3.63) is 27.8 Å². The van der Waals surface area contributed by atoms with E-state index >= 15 is 0 Å². The highest BCUT2D eigenvalue weighted by Gasteiger charge is 2.10. The van der Waals surface area contributed by atoms with Crippen molar-refractivity contribution < 1.29 is 4.79 Å². The molecule has 0 heterocycles. The van der Waals surface area contributed by atoms with E-state index in [-0.39, 0.29) is 11.9 Å². The van der Waals surface area contributed by atoms with Gasteiger partial charge in [0.15, 0.2) is 0 Å². The molecule has 0 saturated heterocycles. The van der Waals surface area contributed by atoms with Crippen LogP contribution in [0.2, 0.25) is 0 Å². The summed E-state index contributed by atoms with van der Waals surface area (Å²) in [4.78, 5) is 11.3. The number of amides is 1. The van der Waals surface area contributed by atoms with Gasteiger partial charge in [0.1, 0.15) is 6.04 Å². The number of carbonyl (C=O) groups is 1. The summed E-state index contributed by atoms with van der Waals surface area (Å²) < 4.78 is 1.11. The molecule has 0 aliphatic rings. The van der Waals surface area contributed by atoms with Gasteiger partial charge >= 0.3 is 0 Å². The molecule has 1 rings (SSSR count). The molecular formula is C10H13IN2O. The van der Waals surface area contributed by atoms with E-state index in [0.29, 0.717) is 0 Å². The molecule has 76 valence electrons. The van der Waals surface area contributed by atoms with E-state index in [1.807, 2.05) is 31.2 Å². The van der Waals surface area contributed by atoms with Gasteiger partial charge in [-0.15, -0.1) is 0 Å². The SMILES string of the molecule is CNC(=O)C(C)Nc1ccccc1I. The maximum atomic E-state index is 11.3. The molecule has 0 aromatic heterocycles. The van der Waals surface area contributed by atoms with E-state index in [1.165, 1.54) is 0 Å². The summed E-state index contributed by atoms with van der Waals surface area (Å²) in [5, 5.41) is 5.74. The highest BCUT2D eigenvalue weighted by atomic mass is 127. The highest BCUT2D eigenvalue weighted by Crippen LogP contribution is 2.17. The fraction of sp³-hybridized carbons (Fsp3) is 0.300. The molecule has 4 heteroatoms. The molecule has 0 radical (unpaired) electrons. The summed E-state index contributed by atoms with van der Waals surface area (Å²) >= 11 is 2.24. The zero-order chi connectivity index (χ0) is 10.6. The summed E-state index contributed by atoms with van der Waals surface area (Å²) in [5.74, 6) is -0.00958. The molecule has 14 heavy (non-hydrogen) atoms. The molecule has 0 fully saturated rings. The van der Waals surface area contributed by atoms with Crippen LogP contribution < -0.4 is 10.6 Å². The maximum Gasteiger partial charge on any atom is 0.241 e. The van der Waals surface area contributed by atoms with E-state index < -0.39 is 0 Å². The number of halogens is 1. The number of rotatable bonds is 3. The third-order valence-corrected chi connectivity index (χ3v) is 2.83. The lowest BCUT2D eigenvalue weighted by atomic mass is 10.2. The Morgan fingerprint density at radius 2 is 2.07 bits per heavy atom. The number of carbonyl (C=O) groups excluding carboxylic acids is 1. The lowest BCUT2D eigenvalue weighted by molar-refractivity contribution is -0.121. The van der Waals surface area contributed by atoms with E-state index in [4.69, 9.17) is 0 Å². The van der Waals surface area contributed by atoms with Crippen molar-refractivity contribution in [2.45, 2.75) is 13.0 Å². The molecule has 0 spiro atoms. The summed E-state index contributed by atoms with van der Waals surface area (Å²) in [7, 11) is 1.64. The molecular weight excluding hydrogens is 291 g/mol. The van der Waals surface area contributed by atoms with Crippen LogP contribution in [0.4, 0.5) is 5.69 Å².